The summed E-state index contributed by atoms with van der Waals surface area (Å²) in [6.45, 7) is 0.921. The summed E-state index contributed by atoms with van der Waals surface area (Å²) in [6.07, 6.45) is 9.42. The minimum Gasteiger partial charge on any atom is -0.394 e. The van der Waals surface area contributed by atoms with Gasteiger partial charge in [-0.3, -0.25) is 4.90 Å². The normalized spacial score (nSPS) is 18.4. The van der Waals surface area contributed by atoms with Gasteiger partial charge < -0.3 is 10.2 Å². The summed E-state index contributed by atoms with van der Waals surface area (Å²) >= 11 is 0. The number of aliphatic hydroxyl groups is 2. The molecule has 0 aliphatic heterocycles. The topological polar surface area (TPSA) is 69.5 Å². The van der Waals surface area contributed by atoms with Crippen LogP contribution in [0.15, 0.2) is 12.4 Å². The molecule has 0 amide bonds. The summed E-state index contributed by atoms with van der Waals surface area (Å²) < 4.78 is 0. The van der Waals surface area contributed by atoms with E-state index in [0.29, 0.717) is 19.0 Å². The van der Waals surface area contributed by atoms with Gasteiger partial charge in [0.15, 0.2) is 0 Å². The van der Waals surface area contributed by atoms with Gasteiger partial charge in [-0.15, -0.1) is 0 Å². The predicted octanol–water partition coefficient (Wildman–Crippen LogP) is 1.31. The highest BCUT2D eigenvalue weighted by Crippen LogP contribution is 2.30. The zero-order chi connectivity index (χ0) is 14.4. The molecule has 5 nitrogen and oxygen atoms in total. The van der Waals surface area contributed by atoms with E-state index in [1.54, 1.807) is 0 Å². The smallest absolute Gasteiger partial charge is 0.131 e. The van der Waals surface area contributed by atoms with Crippen LogP contribution in [0.2, 0.25) is 0 Å². The molecule has 0 spiro atoms. The maximum Gasteiger partial charge on any atom is 0.131 e. The highest BCUT2D eigenvalue weighted by atomic mass is 16.3. The quantitative estimate of drug-likeness (QED) is 0.821. The van der Waals surface area contributed by atoms with Crippen LogP contribution in [0.5, 0.6) is 0 Å². The zero-order valence-electron chi connectivity index (χ0n) is 12.2. The van der Waals surface area contributed by atoms with Gasteiger partial charge in [-0.25, -0.2) is 9.97 Å². The number of aliphatic hydroxyl groups excluding tert-OH is 2. The van der Waals surface area contributed by atoms with Crippen LogP contribution in [0.3, 0.4) is 0 Å². The van der Waals surface area contributed by atoms with E-state index in [0.717, 1.165) is 11.4 Å². The van der Waals surface area contributed by atoms with Crippen molar-refractivity contribution in [2.75, 3.05) is 20.2 Å². The van der Waals surface area contributed by atoms with Crippen LogP contribution >= 0.6 is 0 Å². The summed E-state index contributed by atoms with van der Waals surface area (Å²) in [4.78, 5) is 11.0. The molecule has 1 aromatic heterocycles. The van der Waals surface area contributed by atoms with Crippen molar-refractivity contribution in [3.63, 3.8) is 0 Å². The molecular formula is C15H25N3O2. The van der Waals surface area contributed by atoms with Crippen molar-refractivity contribution in [3.05, 3.63) is 23.8 Å². The largest absolute Gasteiger partial charge is 0.394 e. The lowest BCUT2D eigenvalue weighted by molar-refractivity contribution is 0.0647. The molecule has 0 unspecified atom stereocenters. The molecule has 0 saturated heterocycles. The first-order valence-electron chi connectivity index (χ1n) is 7.47. The van der Waals surface area contributed by atoms with Crippen LogP contribution in [-0.2, 0) is 6.54 Å². The molecule has 1 aliphatic carbocycles. The van der Waals surface area contributed by atoms with E-state index in [-0.39, 0.29) is 6.61 Å². The molecule has 0 bridgehead atoms. The Morgan fingerprint density at radius 2 is 1.90 bits per heavy atom. The minimum atomic E-state index is -0.692. The van der Waals surface area contributed by atoms with Gasteiger partial charge in [-0.1, -0.05) is 19.3 Å². The molecule has 1 heterocycles. The van der Waals surface area contributed by atoms with Crippen LogP contribution in [-0.4, -0.2) is 51.4 Å². The van der Waals surface area contributed by atoms with Gasteiger partial charge in [-0.05, 0) is 19.9 Å². The molecule has 20 heavy (non-hydrogen) atoms. The molecule has 1 aromatic rings. The molecule has 2 N–H and O–H groups in total. The lowest BCUT2D eigenvalue weighted by atomic mass is 9.89. The van der Waals surface area contributed by atoms with Crippen molar-refractivity contribution >= 4 is 0 Å². The van der Waals surface area contributed by atoms with Crippen molar-refractivity contribution in [2.45, 2.75) is 50.7 Å². The summed E-state index contributed by atoms with van der Waals surface area (Å²) in [5.41, 5.74) is 1.04. The molecule has 112 valence electrons. The number of likely N-dealkylation sites (N-methyl/N-ethyl adjacent to an activating group) is 1. The molecule has 0 radical (unpaired) electrons. The first-order valence-corrected chi connectivity index (χ1v) is 7.47. The Labute approximate surface area is 120 Å². The van der Waals surface area contributed by atoms with Gasteiger partial charge in [0, 0.05) is 37.0 Å². The second-order valence-corrected chi connectivity index (χ2v) is 5.82. The van der Waals surface area contributed by atoms with Crippen LogP contribution in [0.1, 0.15) is 49.4 Å². The molecule has 0 aromatic carbocycles. The van der Waals surface area contributed by atoms with E-state index >= 15 is 0 Å². The molecular weight excluding hydrogens is 254 g/mol. The third kappa shape index (κ3) is 4.51. The van der Waals surface area contributed by atoms with Crippen LogP contribution in [0, 0.1) is 0 Å². The summed E-state index contributed by atoms with van der Waals surface area (Å²) in [6, 6.07) is 0. The average Bonchev–Trinajstić information content (AvgIpc) is 2.48. The number of hydrogen-bond donors (Lipinski definition) is 2. The Morgan fingerprint density at radius 3 is 2.50 bits per heavy atom. The maximum atomic E-state index is 9.40. The van der Waals surface area contributed by atoms with Crippen molar-refractivity contribution in [1.82, 2.24) is 14.9 Å². The standard InChI is InChI=1S/C15H25N3O2/c1-18(10-14(20)11-19)9-12-7-16-15(17-8-12)13-5-3-2-4-6-13/h7-8,13-14,19-20H,2-6,9-11H2,1H3/t14-/m1/s1. The minimum absolute atomic E-state index is 0.207. The van der Waals surface area contributed by atoms with Crippen molar-refractivity contribution < 1.29 is 10.2 Å². The second-order valence-electron chi connectivity index (χ2n) is 5.82. The Balaban J connectivity index is 1.87. The van der Waals surface area contributed by atoms with Gasteiger partial charge in [-0.2, -0.15) is 0 Å². The van der Waals surface area contributed by atoms with Gasteiger partial charge in [0.25, 0.3) is 0 Å². The fraction of sp³-hybridized carbons (Fsp3) is 0.733. The van der Waals surface area contributed by atoms with Crippen LogP contribution < -0.4 is 0 Å². The maximum absolute atomic E-state index is 9.40. The van der Waals surface area contributed by atoms with E-state index in [4.69, 9.17) is 5.11 Å². The van der Waals surface area contributed by atoms with E-state index < -0.39 is 6.10 Å². The van der Waals surface area contributed by atoms with Crippen LogP contribution in [0.4, 0.5) is 0 Å². The third-order valence-corrected chi connectivity index (χ3v) is 3.88. The van der Waals surface area contributed by atoms with E-state index in [1.165, 1.54) is 32.1 Å². The molecule has 5 heteroatoms. The average molecular weight is 279 g/mol. The third-order valence-electron chi connectivity index (χ3n) is 3.88. The van der Waals surface area contributed by atoms with Gasteiger partial charge >= 0.3 is 0 Å². The van der Waals surface area contributed by atoms with Crippen LogP contribution in [0.25, 0.3) is 0 Å². The Morgan fingerprint density at radius 1 is 1.25 bits per heavy atom. The first kappa shape index (κ1) is 15.4. The summed E-state index contributed by atoms with van der Waals surface area (Å²) in [7, 11) is 1.91. The summed E-state index contributed by atoms with van der Waals surface area (Å²) in [5.74, 6) is 1.51. The Kier molecular flexibility index (Phi) is 5.88. The predicted molar refractivity (Wildman–Crippen MR) is 77.3 cm³/mol. The SMILES string of the molecule is CN(Cc1cnc(C2CCCCC2)nc1)C[C@@H](O)CO. The number of aromatic nitrogens is 2. The van der Waals surface area contributed by atoms with Gasteiger partial charge in [0.2, 0.25) is 0 Å². The zero-order valence-corrected chi connectivity index (χ0v) is 12.2. The van der Waals surface area contributed by atoms with Gasteiger partial charge in [0.05, 0.1) is 12.7 Å². The number of rotatable bonds is 6. The molecule has 1 fully saturated rings. The molecule has 1 aliphatic rings. The van der Waals surface area contributed by atoms with Crippen molar-refractivity contribution in [2.24, 2.45) is 0 Å². The van der Waals surface area contributed by atoms with E-state index in [1.807, 2.05) is 24.3 Å². The van der Waals surface area contributed by atoms with Crippen molar-refractivity contribution in [3.8, 4) is 0 Å². The Hall–Kier alpha value is -1.04. The fourth-order valence-electron chi connectivity index (χ4n) is 2.81. The molecule has 1 atom stereocenters. The van der Waals surface area contributed by atoms with E-state index in [9.17, 15) is 5.11 Å². The highest BCUT2D eigenvalue weighted by Gasteiger charge is 2.17. The van der Waals surface area contributed by atoms with Gasteiger partial charge in [0.1, 0.15) is 5.82 Å². The lowest BCUT2D eigenvalue weighted by Gasteiger charge is -2.21. The second kappa shape index (κ2) is 7.67. The first-order chi connectivity index (χ1) is 9.69. The fourth-order valence-corrected chi connectivity index (χ4v) is 2.81. The monoisotopic (exact) mass is 279 g/mol. The van der Waals surface area contributed by atoms with Crippen molar-refractivity contribution in [1.29, 1.82) is 0 Å². The molecule has 1 saturated carbocycles. The van der Waals surface area contributed by atoms with E-state index in [2.05, 4.69) is 9.97 Å². The summed E-state index contributed by atoms with van der Waals surface area (Å²) in [5, 5.41) is 18.2. The number of hydrogen-bond acceptors (Lipinski definition) is 5. The molecule has 2 rings (SSSR count). The number of nitrogens with zero attached hydrogens (tertiary/aromatic N) is 3. The highest BCUT2D eigenvalue weighted by molar-refractivity contribution is 5.08. The lowest BCUT2D eigenvalue weighted by Crippen LogP contribution is -2.31. The Bertz CT molecular complexity index is 391.